The molecular formula is C10H17N3. The van der Waals surface area contributed by atoms with E-state index in [2.05, 4.69) is 18.2 Å². The van der Waals surface area contributed by atoms with Gasteiger partial charge >= 0.3 is 0 Å². The highest BCUT2D eigenvalue weighted by Crippen LogP contribution is 2.47. The lowest BCUT2D eigenvalue weighted by molar-refractivity contribution is 0.746. The fourth-order valence-corrected chi connectivity index (χ4v) is 2.03. The van der Waals surface area contributed by atoms with Crippen LogP contribution in [-0.4, -0.2) is 16.3 Å². The second-order valence-corrected chi connectivity index (χ2v) is 3.90. The second kappa shape index (κ2) is 3.14. The summed E-state index contributed by atoms with van der Waals surface area (Å²) in [6.07, 6.45) is 4.44. The zero-order valence-corrected chi connectivity index (χ0v) is 8.33. The molecule has 0 bridgehead atoms. The number of aryl methyl sites for hydroxylation is 2. The van der Waals surface area contributed by atoms with E-state index >= 15 is 0 Å². The van der Waals surface area contributed by atoms with Crippen LogP contribution in [0.5, 0.6) is 0 Å². The van der Waals surface area contributed by atoms with Crippen LogP contribution in [0.25, 0.3) is 0 Å². The van der Waals surface area contributed by atoms with Crippen molar-refractivity contribution in [3.63, 3.8) is 0 Å². The summed E-state index contributed by atoms with van der Waals surface area (Å²) >= 11 is 0. The van der Waals surface area contributed by atoms with Gasteiger partial charge < -0.3 is 5.73 Å². The summed E-state index contributed by atoms with van der Waals surface area (Å²) in [6.45, 7) is 2.98. The number of aromatic nitrogens is 2. The Morgan fingerprint density at radius 1 is 1.69 bits per heavy atom. The van der Waals surface area contributed by atoms with Gasteiger partial charge in [-0.3, -0.25) is 4.68 Å². The fourth-order valence-electron chi connectivity index (χ4n) is 2.03. The molecule has 13 heavy (non-hydrogen) atoms. The Balaban J connectivity index is 2.20. The molecule has 1 aliphatic rings. The first-order chi connectivity index (χ1) is 6.26. The summed E-state index contributed by atoms with van der Waals surface area (Å²) in [5.74, 6) is 1.42. The van der Waals surface area contributed by atoms with E-state index in [1.807, 2.05) is 11.7 Å². The maximum Gasteiger partial charge on any atom is 0.0656 e. The van der Waals surface area contributed by atoms with Crippen LogP contribution in [0.4, 0.5) is 0 Å². The van der Waals surface area contributed by atoms with E-state index in [4.69, 9.17) is 5.73 Å². The highest BCUT2D eigenvalue weighted by Gasteiger charge is 2.39. The van der Waals surface area contributed by atoms with Crippen LogP contribution in [0.2, 0.25) is 0 Å². The van der Waals surface area contributed by atoms with Gasteiger partial charge in [-0.2, -0.15) is 5.10 Å². The van der Waals surface area contributed by atoms with Gasteiger partial charge in [-0.1, -0.05) is 6.92 Å². The highest BCUT2D eigenvalue weighted by molar-refractivity contribution is 5.28. The maximum atomic E-state index is 5.63. The van der Waals surface area contributed by atoms with Crippen molar-refractivity contribution >= 4 is 0 Å². The predicted molar refractivity (Wildman–Crippen MR) is 52.5 cm³/mol. The number of hydrogen-bond donors (Lipinski definition) is 1. The van der Waals surface area contributed by atoms with E-state index in [9.17, 15) is 0 Å². The summed E-state index contributed by atoms with van der Waals surface area (Å²) in [5, 5.41) is 4.43. The van der Waals surface area contributed by atoms with Crippen molar-refractivity contribution in [1.82, 2.24) is 9.78 Å². The van der Waals surface area contributed by atoms with Crippen LogP contribution in [0.15, 0.2) is 6.20 Å². The smallest absolute Gasteiger partial charge is 0.0656 e. The van der Waals surface area contributed by atoms with E-state index in [1.165, 1.54) is 17.7 Å². The Labute approximate surface area is 78.9 Å². The van der Waals surface area contributed by atoms with Gasteiger partial charge in [0.2, 0.25) is 0 Å². The average Bonchev–Trinajstić information content (AvgIpc) is 2.82. The first-order valence-corrected chi connectivity index (χ1v) is 4.98. The zero-order chi connectivity index (χ0) is 9.42. The molecule has 1 saturated carbocycles. The van der Waals surface area contributed by atoms with Gasteiger partial charge in [0.25, 0.3) is 0 Å². The molecule has 72 valence electrons. The number of hydrogen-bond acceptors (Lipinski definition) is 2. The van der Waals surface area contributed by atoms with Gasteiger partial charge in [0.1, 0.15) is 0 Å². The van der Waals surface area contributed by atoms with Crippen LogP contribution < -0.4 is 5.73 Å². The van der Waals surface area contributed by atoms with Gasteiger partial charge in [-0.15, -0.1) is 0 Å². The molecule has 0 spiro atoms. The third-order valence-corrected chi connectivity index (χ3v) is 2.90. The van der Waals surface area contributed by atoms with Crippen molar-refractivity contribution in [3.8, 4) is 0 Å². The van der Waals surface area contributed by atoms with Crippen molar-refractivity contribution < 1.29 is 0 Å². The van der Waals surface area contributed by atoms with Crippen molar-refractivity contribution in [2.24, 2.45) is 18.7 Å². The summed E-state index contributed by atoms with van der Waals surface area (Å²) in [5.41, 5.74) is 8.32. The van der Waals surface area contributed by atoms with Gasteiger partial charge in [0.05, 0.1) is 5.69 Å². The Bertz CT molecular complexity index is 303. The van der Waals surface area contributed by atoms with Gasteiger partial charge in [-0.05, 0) is 36.8 Å². The number of nitrogens with two attached hydrogens (primary N) is 1. The van der Waals surface area contributed by atoms with Crippen molar-refractivity contribution in [2.45, 2.75) is 25.7 Å². The third kappa shape index (κ3) is 1.48. The molecule has 1 aromatic rings. The molecule has 2 atom stereocenters. The van der Waals surface area contributed by atoms with E-state index in [-0.39, 0.29) is 0 Å². The normalized spacial score (nSPS) is 26.4. The molecule has 0 radical (unpaired) electrons. The lowest BCUT2D eigenvalue weighted by Crippen LogP contribution is -2.02. The third-order valence-electron chi connectivity index (χ3n) is 2.90. The molecule has 0 amide bonds. The number of nitrogens with zero attached hydrogens (tertiary/aromatic N) is 2. The zero-order valence-electron chi connectivity index (χ0n) is 8.33. The van der Waals surface area contributed by atoms with Crippen LogP contribution in [0, 0.1) is 5.92 Å². The molecule has 2 rings (SSSR count). The molecule has 1 aromatic heterocycles. The molecule has 1 fully saturated rings. The average molecular weight is 179 g/mol. The SMILES string of the molecule is CCc1nn(C)cc1C1CC1CN. The fraction of sp³-hybridized carbons (Fsp3) is 0.700. The van der Waals surface area contributed by atoms with E-state index in [1.54, 1.807) is 0 Å². The minimum Gasteiger partial charge on any atom is -0.330 e. The first kappa shape index (κ1) is 8.75. The lowest BCUT2D eigenvalue weighted by atomic mass is 10.1. The van der Waals surface area contributed by atoms with Crippen LogP contribution >= 0.6 is 0 Å². The molecule has 0 aliphatic heterocycles. The summed E-state index contributed by atoms with van der Waals surface area (Å²) in [6, 6.07) is 0. The predicted octanol–water partition coefficient (Wildman–Crippen LogP) is 1.04. The maximum absolute atomic E-state index is 5.63. The molecule has 0 saturated heterocycles. The van der Waals surface area contributed by atoms with Gasteiger partial charge in [-0.25, -0.2) is 0 Å². The quantitative estimate of drug-likeness (QED) is 0.753. The monoisotopic (exact) mass is 179 g/mol. The molecule has 3 nitrogen and oxygen atoms in total. The Morgan fingerprint density at radius 2 is 2.46 bits per heavy atom. The van der Waals surface area contributed by atoms with Crippen LogP contribution in [0.3, 0.4) is 0 Å². The summed E-state index contributed by atoms with van der Waals surface area (Å²) in [7, 11) is 1.99. The molecular weight excluding hydrogens is 162 g/mol. The van der Waals surface area contributed by atoms with Crippen molar-refractivity contribution in [1.29, 1.82) is 0 Å². The van der Waals surface area contributed by atoms with Gasteiger partial charge in [0.15, 0.2) is 0 Å². The Morgan fingerprint density at radius 3 is 3.00 bits per heavy atom. The molecule has 2 unspecified atom stereocenters. The largest absolute Gasteiger partial charge is 0.330 e. The molecule has 1 aliphatic carbocycles. The van der Waals surface area contributed by atoms with Crippen molar-refractivity contribution in [3.05, 3.63) is 17.5 Å². The standard InChI is InChI=1S/C10H17N3/c1-3-10-9(6-13(2)12-10)8-4-7(8)5-11/h6-8H,3-5,11H2,1-2H3. The van der Waals surface area contributed by atoms with Crippen molar-refractivity contribution in [2.75, 3.05) is 6.54 Å². The summed E-state index contributed by atoms with van der Waals surface area (Å²) in [4.78, 5) is 0. The topological polar surface area (TPSA) is 43.8 Å². The summed E-state index contributed by atoms with van der Waals surface area (Å²) < 4.78 is 1.92. The molecule has 3 heteroatoms. The lowest BCUT2D eigenvalue weighted by Gasteiger charge is -1.96. The van der Waals surface area contributed by atoms with E-state index in [0.717, 1.165) is 18.9 Å². The highest BCUT2D eigenvalue weighted by atomic mass is 15.3. The number of rotatable bonds is 3. The minimum absolute atomic E-state index is 0.702. The van der Waals surface area contributed by atoms with Crippen LogP contribution in [0.1, 0.15) is 30.5 Å². The van der Waals surface area contributed by atoms with Crippen LogP contribution in [-0.2, 0) is 13.5 Å². The van der Waals surface area contributed by atoms with Gasteiger partial charge in [0, 0.05) is 13.2 Å². The second-order valence-electron chi connectivity index (χ2n) is 3.90. The molecule has 1 heterocycles. The molecule has 2 N–H and O–H groups in total. The first-order valence-electron chi connectivity index (χ1n) is 4.98. The molecule has 0 aromatic carbocycles. The Hall–Kier alpha value is -0.830. The Kier molecular flexibility index (Phi) is 2.12. The van der Waals surface area contributed by atoms with E-state index in [0.29, 0.717) is 5.92 Å². The minimum atomic E-state index is 0.702. The van der Waals surface area contributed by atoms with E-state index < -0.39 is 0 Å².